The fourth-order valence-electron chi connectivity index (χ4n) is 4.58. The van der Waals surface area contributed by atoms with Gasteiger partial charge in [-0.25, -0.2) is 9.67 Å². The molecule has 3 heterocycles. The zero-order valence-corrected chi connectivity index (χ0v) is 19.7. The van der Waals surface area contributed by atoms with E-state index in [1.807, 2.05) is 66.2 Å². The Morgan fingerprint density at radius 2 is 1.91 bits per heavy atom. The first-order valence-electron chi connectivity index (χ1n) is 11.9. The Morgan fingerprint density at radius 3 is 2.63 bits per heavy atom. The van der Waals surface area contributed by atoms with Gasteiger partial charge in [-0.3, -0.25) is 10.2 Å². The van der Waals surface area contributed by atoms with Crippen molar-refractivity contribution in [1.29, 1.82) is 5.41 Å². The monoisotopic (exact) mass is 468 g/mol. The van der Waals surface area contributed by atoms with Crippen LogP contribution >= 0.6 is 0 Å². The molecule has 1 N–H and O–H groups in total. The van der Waals surface area contributed by atoms with Gasteiger partial charge in [0.15, 0.2) is 5.65 Å². The molecule has 0 spiro atoms. The minimum Gasteiger partial charge on any atom is -0.457 e. The molecule has 0 bridgehead atoms. The lowest BCUT2D eigenvalue weighted by Gasteiger charge is -2.32. The first-order chi connectivity index (χ1) is 17.1. The maximum Gasteiger partial charge on any atom is 0.246 e. The highest BCUT2D eigenvalue weighted by Gasteiger charge is 2.27. The molecule has 0 radical (unpaired) electrons. The van der Waals surface area contributed by atoms with Crippen LogP contribution in [0.1, 0.15) is 25.8 Å². The van der Waals surface area contributed by atoms with Crippen molar-refractivity contribution in [3.63, 3.8) is 0 Å². The standard InChI is InChI=1S/C27H28N6O2/c1-3-23(34)32-16-8-9-20(17-32)33-27-24(26(28)31(4-2)18-29-27)25(30-33)19-12-14-22(15-13-19)35-21-10-6-5-7-11-21/h3,5-7,10-15,18,20,28H,1,4,8-9,16-17H2,2H3. The minimum atomic E-state index is -0.0710. The number of piperidine rings is 1. The molecule has 1 atom stereocenters. The van der Waals surface area contributed by atoms with E-state index in [2.05, 4.69) is 6.58 Å². The van der Waals surface area contributed by atoms with Gasteiger partial charge in [0.05, 0.1) is 17.8 Å². The summed E-state index contributed by atoms with van der Waals surface area (Å²) < 4.78 is 9.64. The van der Waals surface area contributed by atoms with Crippen molar-refractivity contribution >= 4 is 16.9 Å². The average molecular weight is 469 g/mol. The van der Waals surface area contributed by atoms with Crippen LogP contribution in [0.3, 0.4) is 0 Å². The number of fused-ring (bicyclic) bond motifs is 1. The van der Waals surface area contributed by atoms with Crippen LogP contribution < -0.4 is 10.2 Å². The van der Waals surface area contributed by atoms with Crippen LogP contribution in [-0.2, 0) is 11.3 Å². The van der Waals surface area contributed by atoms with Crippen molar-refractivity contribution in [2.24, 2.45) is 0 Å². The molecular weight excluding hydrogens is 440 g/mol. The molecule has 4 aromatic rings. The average Bonchev–Trinajstić information content (AvgIpc) is 3.30. The van der Waals surface area contributed by atoms with Crippen LogP contribution in [0.5, 0.6) is 11.5 Å². The number of aryl methyl sites for hydroxylation is 1. The van der Waals surface area contributed by atoms with E-state index in [9.17, 15) is 4.79 Å². The highest BCUT2D eigenvalue weighted by Crippen LogP contribution is 2.31. The summed E-state index contributed by atoms with van der Waals surface area (Å²) >= 11 is 0. The van der Waals surface area contributed by atoms with E-state index in [0.717, 1.165) is 29.9 Å². The van der Waals surface area contributed by atoms with E-state index in [1.165, 1.54) is 6.08 Å². The zero-order valence-electron chi connectivity index (χ0n) is 19.7. The molecule has 2 aromatic heterocycles. The Bertz CT molecular complexity index is 1420. The van der Waals surface area contributed by atoms with Crippen LogP contribution in [0.4, 0.5) is 0 Å². The number of hydrogen-bond donors (Lipinski definition) is 1. The van der Waals surface area contributed by atoms with Gasteiger partial charge in [0, 0.05) is 25.2 Å². The molecule has 2 aromatic carbocycles. The molecule has 8 heteroatoms. The number of hydrogen-bond acceptors (Lipinski definition) is 5. The molecule has 35 heavy (non-hydrogen) atoms. The third-order valence-electron chi connectivity index (χ3n) is 6.40. The van der Waals surface area contributed by atoms with Crippen molar-refractivity contribution in [1.82, 2.24) is 24.2 Å². The zero-order chi connectivity index (χ0) is 24.4. The predicted molar refractivity (Wildman–Crippen MR) is 134 cm³/mol. The number of aromatic nitrogens is 4. The first kappa shape index (κ1) is 22.6. The Balaban J connectivity index is 1.55. The maximum atomic E-state index is 12.3. The Labute approximate surface area is 203 Å². The second-order valence-electron chi connectivity index (χ2n) is 8.59. The van der Waals surface area contributed by atoms with E-state index in [4.69, 9.17) is 20.2 Å². The molecule has 1 aliphatic heterocycles. The van der Waals surface area contributed by atoms with Gasteiger partial charge in [0.1, 0.15) is 22.7 Å². The summed E-state index contributed by atoms with van der Waals surface area (Å²) in [5, 5.41) is 14.5. The molecule has 1 amide bonds. The molecule has 1 saturated heterocycles. The summed E-state index contributed by atoms with van der Waals surface area (Å²) in [6.07, 6.45) is 4.82. The summed E-state index contributed by atoms with van der Waals surface area (Å²) in [5.41, 5.74) is 2.63. The van der Waals surface area contributed by atoms with E-state index >= 15 is 0 Å². The number of nitrogens with one attached hydrogen (secondary N) is 1. The van der Waals surface area contributed by atoms with Gasteiger partial charge in [-0.05, 0) is 62.2 Å². The number of rotatable bonds is 6. The molecule has 8 nitrogen and oxygen atoms in total. The van der Waals surface area contributed by atoms with E-state index in [0.29, 0.717) is 41.8 Å². The van der Waals surface area contributed by atoms with Crippen LogP contribution in [0.2, 0.25) is 0 Å². The summed E-state index contributed by atoms with van der Waals surface area (Å²) in [6, 6.07) is 17.4. The maximum absolute atomic E-state index is 12.3. The number of likely N-dealkylation sites (tertiary alicyclic amines) is 1. The third kappa shape index (κ3) is 4.35. The quantitative estimate of drug-likeness (QED) is 0.421. The predicted octanol–water partition coefficient (Wildman–Crippen LogP) is 4.54. The number of benzene rings is 2. The normalized spacial score (nSPS) is 15.8. The smallest absolute Gasteiger partial charge is 0.246 e. The summed E-state index contributed by atoms with van der Waals surface area (Å²) in [7, 11) is 0. The van der Waals surface area contributed by atoms with E-state index < -0.39 is 0 Å². The summed E-state index contributed by atoms with van der Waals surface area (Å²) in [4.78, 5) is 18.8. The molecule has 0 aliphatic carbocycles. The van der Waals surface area contributed by atoms with Crippen molar-refractivity contribution in [3.05, 3.63) is 79.1 Å². The fourth-order valence-corrected chi connectivity index (χ4v) is 4.58. The largest absolute Gasteiger partial charge is 0.457 e. The number of para-hydroxylation sites is 1. The van der Waals surface area contributed by atoms with Crippen LogP contribution in [0.25, 0.3) is 22.3 Å². The Kier molecular flexibility index (Phi) is 6.18. The highest BCUT2D eigenvalue weighted by atomic mass is 16.5. The van der Waals surface area contributed by atoms with Crippen LogP contribution in [0, 0.1) is 5.41 Å². The van der Waals surface area contributed by atoms with Crippen LogP contribution in [0.15, 0.2) is 73.6 Å². The molecule has 178 valence electrons. The SMILES string of the molecule is C=CC(=O)N1CCCC(n2nc(-c3ccc(Oc4ccccc4)cc3)c3c(=N)n(CC)cnc32)C1. The molecular formula is C27H28N6O2. The molecule has 0 saturated carbocycles. The fraction of sp³-hybridized carbons (Fsp3) is 0.259. The lowest BCUT2D eigenvalue weighted by atomic mass is 10.1. The number of carbonyl (C=O) groups excluding carboxylic acids is 1. The van der Waals surface area contributed by atoms with Gasteiger partial charge in [-0.1, -0.05) is 24.8 Å². The molecule has 1 unspecified atom stereocenters. The number of carbonyl (C=O) groups is 1. The minimum absolute atomic E-state index is 0.0195. The van der Waals surface area contributed by atoms with Crippen LogP contribution in [-0.4, -0.2) is 43.2 Å². The van der Waals surface area contributed by atoms with Crippen molar-refractivity contribution in [2.45, 2.75) is 32.4 Å². The van der Waals surface area contributed by atoms with Gasteiger partial charge in [-0.2, -0.15) is 5.10 Å². The van der Waals surface area contributed by atoms with Gasteiger partial charge >= 0.3 is 0 Å². The topological polar surface area (TPSA) is 89.0 Å². The second-order valence-corrected chi connectivity index (χ2v) is 8.59. The summed E-state index contributed by atoms with van der Waals surface area (Å²) in [5.74, 6) is 1.42. The van der Waals surface area contributed by atoms with E-state index in [-0.39, 0.29) is 11.9 Å². The number of ether oxygens (including phenoxy) is 1. The molecule has 5 rings (SSSR count). The Hall–Kier alpha value is -4.20. The van der Waals surface area contributed by atoms with Crippen molar-refractivity contribution in [3.8, 4) is 22.8 Å². The van der Waals surface area contributed by atoms with Gasteiger partial charge in [0.25, 0.3) is 0 Å². The van der Waals surface area contributed by atoms with Gasteiger partial charge in [-0.15, -0.1) is 0 Å². The lowest BCUT2D eigenvalue weighted by molar-refractivity contribution is -0.127. The van der Waals surface area contributed by atoms with Crippen molar-refractivity contribution in [2.75, 3.05) is 13.1 Å². The summed E-state index contributed by atoms with van der Waals surface area (Å²) in [6.45, 7) is 7.51. The van der Waals surface area contributed by atoms with Gasteiger partial charge in [0.2, 0.25) is 5.91 Å². The third-order valence-corrected chi connectivity index (χ3v) is 6.40. The number of nitrogens with zero attached hydrogens (tertiary/aromatic N) is 5. The first-order valence-corrected chi connectivity index (χ1v) is 11.9. The van der Waals surface area contributed by atoms with Crippen molar-refractivity contribution < 1.29 is 9.53 Å². The molecule has 1 aliphatic rings. The lowest BCUT2D eigenvalue weighted by Crippen LogP contribution is -2.40. The van der Waals surface area contributed by atoms with E-state index in [1.54, 1.807) is 15.8 Å². The number of amides is 1. The second kappa shape index (κ2) is 9.58. The molecule has 1 fully saturated rings. The van der Waals surface area contributed by atoms with Gasteiger partial charge < -0.3 is 14.2 Å². The highest BCUT2D eigenvalue weighted by molar-refractivity contribution is 5.90. The Morgan fingerprint density at radius 1 is 1.17 bits per heavy atom.